The number of halogens is 1. The molecular weight excluding hydrogens is 355 g/mol. The Labute approximate surface area is 161 Å². The lowest BCUT2D eigenvalue weighted by Gasteiger charge is -2.09. The Morgan fingerprint density at radius 2 is 1.89 bits per heavy atom. The van der Waals surface area contributed by atoms with Gasteiger partial charge in [-0.2, -0.15) is 5.10 Å². The average molecular weight is 372 g/mol. The fraction of sp³-hybridized carbons (Fsp3) is 0.0455. The lowest BCUT2D eigenvalue weighted by atomic mass is 10.0. The highest BCUT2D eigenvalue weighted by Gasteiger charge is 2.13. The molecule has 1 N–H and O–H groups in total. The highest BCUT2D eigenvalue weighted by molar-refractivity contribution is 6.07. The summed E-state index contributed by atoms with van der Waals surface area (Å²) in [5.41, 5.74) is 5.90. The molecule has 4 rings (SSSR count). The standard InChI is InChI=1S/C22H17FN4O/c1-27-12-4-5-17(27)14-24-26-22(28)19-13-21(15-8-10-16(23)11-9-15)25-20-7-3-2-6-18(19)20/h2-14H,1H3,(H,26,28)/b24-14+. The Kier molecular flexibility index (Phi) is 4.68. The summed E-state index contributed by atoms with van der Waals surface area (Å²) < 4.78 is 15.1. The third kappa shape index (κ3) is 3.53. The van der Waals surface area contributed by atoms with Crippen molar-refractivity contribution >= 4 is 23.0 Å². The number of hydrazone groups is 1. The molecule has 0 spiro atoms. The van der Waals surface area contributed by atoms with Crippen molar-refractivity contribution in [2.45, 2.75) is 0 Å². The number of carbonyl (C=O) groups excluding carboxylic acids is 1. The molecule has 2 aromatic heterocycles. The molecule has 1 amide bonds. The molecule has 28 heavy (non-hydrogen) atoms. The predicted molar refractivity (Wildman–Crippen MR) is 108 cm³/mol. The van der Waals surface area contributed by atoms with Crippen LogP contribution >= 0.6 is 0 Å². The molecular formula is C22H17FN4O. The van der Waals surface area contributed by atoms with Gasteiger partial charge >= 0.3 is 0 Å². The van der Waals surface area contributed by atoms with E-state index in [1.165, 1.54) is 12.1 Å². The van der Waals surface area contributed by atoms with Crippen molar-refractivity contribution in [2.75, 3.05) is 0 Å². The van der Waals surface area contributed by atoms with Gasteiger partial charge < -0.3 is 4.57 Å². The third-order valence-electron chi connectivity index (χ3n) is 4.45. The fourth-order valence-electron chi connectivity index (χ4n) is 2.96. The second-order valence-electron chi connectivity index (χ2n) is 6.32. The Hall–Kier alpha value is -3.80. The van der Waals surface area contributed by atoms with Gasteiger partial charge in [-0.1, -0.05) is 18.2 Å². The van der Waals surface area contributed by atoms with Crippen LogP contribution < -0.4 is 5.43 Å². The van der Waals surface area contributed by atoms with E-state index in [9.17, 15) is 9.18 Å². The summed E-state index contributed by atoms with van der Waals surface area (Å²) in [5, 5.41) is 4.78. The summed E-state index contributed by atoms with van der Waals surface area (Å²) in [6.07, 6.45) is 3.48. The van der Waals surface area contributed by atoms with Gasteiger partial charge in [-0.15, -0.1) is 0 Å². The van der Waals surface area contributed by atoms with Crippen molar-refractivity contribution in [2.24, 2.45) is 12.1 Å². The normalized spacial score (nSPS) is 11.2. The van der Waals surface area contributed by atoms with Crippen molar-refractivity contribution in [3.05, 3.63) is 90.0 Å². The first-order chi connectivity index (χ1) is 13.6. The van der Waals surface area contributed by atoms with Gasteiger partial charge in [0, 0.05) is 24.2 Å². The molecule has 0 aliphatic rings. The largest absolute Gasteiger partial charge is 0.350 e. The monoisotopic (exact) mass is 372 g/mol. The lowest BCUT2D eigenvalue weighted by Crippen LogP contribution is -2.18. The summed E-state index contributed by atoms with van der Waals surface area (Å²) in [4.78, 5) is 17.4. The smallest absolute Gasteiger partial charge is 0.272 e. The number of para-hydroxylation sites is 1. The Balaban J connectivity index is 1.70. The lowest BCUT2D eigenvalue weighted by molar-refractivity contribution is 0.0956. The van der Waals surface area contributed by atoms with Crippen LogP contribution in [0.3, 0.4) is 0 Å². The zero-order valence-corrected chi connectivity index (χ0v) is 15.1. The maximum Gasteiger partial charge on any atom is 0.272 e. The highest BCUT2D eigenvalue weighted by atomic mass is 19.1. The summed E-state index contributed by atoms with van der Waals surface area (Å²) >= 11 is 0. The molecule has 0 saturated carbocycles. The quantitative estimate of drug-likeness (QED) is 0.432. The van der Waals surface area contributed by atoms with Crippen molar-refractivity contribution in [3.8, 4) is 11.3 Å². The van der Waals surface area contributed by atoms with E-state index in [1.807, 2.05) is 54.2 Å². The summed E-state index contributed by atoms with van der Waals surface area (Å²) in [6.45, 7) is 0. The van der Waals surface area contributed by atoms with E-state index in [4.69, 9.17) is 0 Å². The first kappa shape index (κ1) is 17.6. The molecule has 138 valence electrons. The number of hydrogen-bond acceptors (Lipinski definition) is 3. The van der Waals surface area contributed by atoms with Crippen molar-refractivity contribution in [1.29, 1.82) is 0 Å². The molecule has 0 saturated heterocycles. The Morgan fingerprint density at radius 3 is 2.64 bits per heavy atom. The SMILES string of the molecule is Cn1cccc1/C=N/NC(=O)c1cc(-c2ccc(F)cc2)nc2ccccc12. The fourth-order valence-corrected chi connectivity index (χ4v) is 2.96. The van der Waals surface area contributed by atoms with E-state index >= 15 is 0 Å². The predicted octanol–water partition coefficient (Wildman–Crippen LogP) is 4.14. The van der Waals surface area contributed by atoms with Crippen LogP contribution in [0.2, 0.25) is 0 Å². The molecule has 0 bridgehead atoms. The molecule has 0 aliphatic heterocycles. The maximum absolute atomic E-state index is 13.2. The van der Waals surface area contributed by atoms with Gasteiger partial charge in [0.05, 0.1) is 28.7 Å². The van der Waals surface area contributed by atoms with E-state index in [2.05, 4.69) is 15.5 Å². The van der Waals surface area contributed by atoms with E-state index in [0.29, 0.717) is 16.8 Å². The number of amides is 1. The topological polar surface area (TPSA) is 59.3 Å². The van der Waals surface area contributed by atoms with Crippen LogP contribution in [0.5, 0.6) is 0 Å². The maximum atomic E-state index is 13.2. The van der Waals surface area contributed by atoms with Gasteiger partial charge in [-0.25, -0.2) is 14.8 Å². The number of nitrogens with one attached hydrogen (secondary N) is 1. The molecule has 0 unspecified atom stereocenters. The van der Waals surface area contributed by atoms with Gasteiger partial charge in [-0.05, 0) is 48.5 Å². The molecule has 2 heterocycles. The second kappa shape index (κ2) is 7.44. The van der Waals surface area contributed by atoms with E-state index < -0.39 is 0 Å². The molecule has 5 nitrogen and oxygen atoms in total. The number of nitrogens with zero attached hydrogens (tertiary/aromatic N) is 3. The number of fused-ring (bicyclic) bond motifs is 1. The van der Waals surface area contributed by atoms with Crippen LogP contribution in [0.1, 0.15) is 16.1 Å². The van der Waals surface area contributed by atoms with E-state index in [0.717, 1.165) is 16.6 Å². The van der Waals surface area contributed by atoms with Crippen LogP contribution in [0.25, 0.3) is 22.2 Å². The van der Waals surface area contributed by atoms with Crippen molar-refractivity contribution < 1.29 is 9.18 Å². The van der Waals surface area contributed by atoms with Crippen LogP contribution in [0, 0.1) is 5.82 Å². The number of aryl methyl sites for hydroxylation is 1. The van der Waals surface area contributed by atoms with Crippen LogP contribution in [-0.4, -0.2) is 21.7 Å². The molecule has 6 heteroatoms. The van der Waals surface area contributed by atoms with E-state index in [1.54, 1.807) is 24.4 Å². The molecule has 0 aliphatic carbocycles. The molecule has 0 atom stereocenters. The summed E-state index contributed by atoms with van der Waals surface area (Å²) in [5.74, 6) is -0.662. The Bertz CT molecular complexity index is 1180. The number of pyridine rings is 1. The number of benzene rings is 2. The van der Waals surface area contributed by atoms with Crippen LogP contribution in [0.4, 0.5) is 4.39 Å². The first-order valence-corrected chi connectivity index (χ1v) is 8.72. The van der Waals surface area contributed by atoms with Gasteiger partial charge in [0.2, 0.25) is 0 Å². The number of hydrogen-bond donors (Lipinski definition) is 1. The van der Waals surface area contributed by atoms with Gasteiger partial charge in [0.15, 0.2) is 0 Å². The molecule has 0 radical (unpaired) electrons. The number of rotatable bonds is 4. The minimum atomic E-state index is -0.340. The zero-order valence-electron chi connectivity index (χ0n) is 15.1. The minimum Gasteiger partial charge on any atom is -0.350 e. The molecule has 4 aromatic rings. The van der Waals surface area contributed by atoms with Crippen molar-refractivity contribution in [1.82, 2.24) is 15.0 Å². The van der Waals surface area contributed by atoms with Gasteiger partial charge in [0.25, 0.3) is 5.91 Å². The number of aromatic nitrogens is 2. The summed E-state index contributed by atoms with van der Waals surface area (Å²) in [7, 11) is 1.90. The molecule has 2 aromatic carbocycles. The summed E-state index contributed by atoms with van der Waals surface area (Å²) in [6, 6.07) is 18.9. The zero-order chi connectivity index (χ0) is 19.5. The van der Waals surface area contributed by atoms with Crippen LogP contribution in [0.15, 0.2) is 78.0 Å². The Morgan fingerprint density at radius 1 is 1.11 bits per heavy atom. The van der Waals surface area contributed by atoms with Crippen LogP contribution in [-0.2, 0) is 7.05 Å². The third-order valence-corrected chi connectivity index (χ3v) is 4.45. The van der Waals surface area contributed by atoms with Crippen molar-refractivity contribution in [3.63, 3.8) is 0 Å². The molecule has 0 fully saturated rings. The van der Waals surface area contributed by atoms with Gasteiger partial charge in [-0.3, -0.25) is 4.79 Å². The average Bonchev–Trinajstić information content (AvgIpc) is 3.12. The highest BCUT2D eigenvalue weighted by Crippen LogP contribution is 2.25. The van der Waals surface area contributed by atoms with E-state index in [-0.39, 0.29) is 11.7 Å². The number of carbonyl (C=O) groups is 1. The second-order valence-corrected chi connectivity index (χ2v) is 6.32. The van der Waals surface area contributed by atoms with Gasteiger partial charge in [0.1, 0.15) is 5.82 Å². The minimum absolute atomic E-state index is 0.322. The first-order valence-electron chi connectivity index (χ1n) is 8.72.